The molecule has 1 heterocycles. The zero-order valence-corrected chi connectivity index (χ0v) is 9.00. The molecule has 1 rings (SSSR count). The van der Waals surface area contributed by atoms with Crippen LogP contribution in [0.5, 0.6) is 5.88 Å². The summed E-state index contributed by atoms with van der Waals surface area (Å²) in [5, 5.41) is 3.41. The van der Waals surface area contributed by atoms with Crippen molar-refractivity contribution in [3.63, 3.8) is 0 Å². The van der Waals surface area contributed by atoms with E-state index in [1.165, 1.54) is 0 Å². The van der Waals surface area contributed by atoms with Gasteiger partial charge in [0, 0.05) is 17.5 Å². The Hall–Kier alpha value is -2.20. The fourth-order valence-electron chi connectivity index (χ4n) is 1.09. The quantitative estimate of drug-likeness (QED) is 0.356. The summed E-state index contributed by atoms with van der Waals surface area (Å²) in [5.74, 6) is 0.517. The number of ether oxygens (including phenoxy) is 1. The number of hydrogen-bond donors (Lipinski definition) is 1. The Balaban J connectivity index is 2.67. The lowest BCUT2D eigenvalue weighted by atomic mass is 10.2. The maximum absolute atomic E-state index is 8.08. The molecule has 0 radical (unpaired) electrons. The topological polar surface area (TPSA) is 96.9 Å². The maximum Gasteiger partial charge on any atom is 0.213 e. The molecule has 84 valence electrons. The van der Waals surface area contributed by atoms with Gasteiger partial charge in [0.05, 0.1) is 18.5 Å². The fourth-order valence-corrected chi connectivity index (χ4v) is 1.09. The normalized spacial score (nSPS) is 10.1. The number of pyridine rings is 1. The molecular formula is C10H13N5O. The van der Waals surface area contributed by atoms with Gasteiger partial charge in [0.15, 0.2) is 0 Å². The van der Waals surface area contributed by atoms with Crippen molar-refractivity contribution in [2.24, 2.45) is 5.11 Å². The van der Waals surface area contributed by atoms with E-state index in [9.17, 15) is 0 Å². The van der Waals surface area contributed by atoms with Gasteiger partial charge in [-0.05, 0) is 24.1 Å². The van der Waals surface area contributed by atoms with Crippen LogP contribution in [0.25, 0.3) is 16.5 Å². The van der Waals surface area contributed by atoms with E-state index < -0.39 is 0 Å². The molecule has 2 N–H and O–H groups in total. The highest BCUT2D eigenvalue weighted by Crippen LogP contribution is 2.15. The van der Waals surface area contributed by atoms with Crippen LogP contribution in [0.3, 0.4) is 0 Å². The monoisotopic (exact) mass is 219 g/mol. The fraction of sp³-hybridized carbons (Fsp3) is 0.300. The van der Waals surface area contributed by atoms with Crippen LogP contribution < -0.4 is 10.5 Å². The molecule has 16 heavy (non-hydrogen) atoms. The molecule has 6 heteroatoms. The Morgan fingerprint density at radius 2 is 2.44 bits per heavy atom. The van der Waals surface area contributed by atoms with Gasteiger partial charge in [-0.1, -0.05) is 11.2 Å². The third-order valence-electron chi connectivity index (χ3n) is 1.88. The van der Waals surface area contributed by atoms with Crippen LogP contribution >= 0.6 is 0 Å². The number of nitrogen functional groups attached to an aromatic ring is 1. The molecule has 0 saturated carbocycles. The average Bonchev–Trinajstić information content (AvgIpc) is 2.31. The first-order chi connectivity index (χ1) is 7.77. The van der Waals surface area contributed by atoms with Crippen LogP contribution in [0.2, 0.25) is 0 Å². The van der Waals surface area contributed by atoms with Crippen molar-refractivity contribution in [1.82, 2.24) is 4.98 Å². The zero-order valence-electron chi connectivity index (χ0n) is 9.00. The van der Waals surface area contributed by atoms with Crippen LogP contribution in [0.1, 0.15) is 12.1 Å². The highest BCUT2D eigenvalue weighted by atomic mass is 16.5. The lowest BCUT2D eigenvalue weighted by Gasteiger charge is -2.02. The first-order valence-electron chi connectivity index (χ1n) is 4.76. The van der Waals surface area contributed by atoms with Crippen molar-refractivity contribution in [2.75, 3.05) is 19.4 Å². The molecule has 0 bridgehead atoms. The molecule has 0 amide bonds. The van der Waals surface area contributed by atoms with Crippen molar-refractivity contribution >= 4 is 11.8 Å². The second kappa shape index (κ2) is 6.31. The molecule has 0 fully saturated rings. The second-order valence-corrected chi connectivity index (χ2v) is 2.97. The largest absolute Gasteiger partial charge is 0.481 e. The summed E-state index contributed by atoms with van der Waals surface area (Å²) < 4.78 is 4.99. The second-order valence-electron chi connectivity index (χ2n) is 2.97. The molecule has 0 atom stereocenters. The summed E-state index contributed by atoms with van der Waals surface area (Å²) in [5.41, 5.74) is 15.1. The van der Waals surface area contributed by atoms with Crippen LogP contribution in [-0.4, -0.2) is 18.6 Å². The van der Waals surface area contributed by atoms with Crippen molar-refractivity contribution < 1.29 is 4.74 Å². The molecule has 0 spiro atoms. The lowest BCUT2D eigenvalue weighted by Crippen LogP contribution is -1.95. The number of aromatic nitrogens is 1. The zero-order chi connectivity index (χ0) is 11.8. The van der Waals surface area contributed by atoms with Gasteiger partial charge in [-0.2, -0.15) is 0 Å². The van der Waals surface area contributed by atoms with Crippen molar-refractivity contribution in [1.29, 1.82) is 0 Å². The van der Waals surface area contributed by atoms with E-state index in [0.29, 0.717) is 30.2 Å². The van der Waals surface area contributed by atoms with Gasteiger partial charge >= 0.3 is 0 Å². The molecule has 1 aromatic rings. The number of methoxy groups -OCH3 is 1. The number of nitrogens with two attached hydrogens (primary N) is 1. The van der Waals surface area contributed by atoms with Gasteiger partial charge in [0.25, 0.3) is 0 Å². The standard InChI is InChI=1S/C10H13N5O/c1-16-10-6-5-8(11)9(14-10)4-2-3-7-13-15-12/h2,4-6H,3,7,11H2,1H3. The van der Waals surface area contributed by atoms with Crippen molar-refractivity contribution in [2.45, 2.75) is 6.42 Å². The van der Waals surface area contributed by atoms with Gasteiger partial charge in [0.1, 0.15) is 0 Å². The number of anilines is 1. The molecule has 0 aromatic carbocycles. The van der Waals surface area contributed by atoms with Crippen molar-refractivity contribution in [3.05, 3.63) is 34.3 Å². The highest BCUT2D eigenvalue weighted by molar-refractivity contribution is 5.61. The number of rotatable bonds is 5. The SMILES string of the molecule is COc1ccc(N)c(C=CCCN=[N+]=[N-])n1. The highest BCUT2D eigenvalue weighted by Gasteiger charge is 1.98. The Kier molecular flexibility index (Phi) is 4.69. The van der Waals surface area contributed by atoms with Crippen molar-refractivity contribution in [3.8, 4) is 5.88 Å². The summed E-state index contributed by atoms with van der Waals surface area (Å²) in [6, 6.07) is 3.44. The summed E-state index contributed by atoms with van der Waals surface area (Å²) in [4.78, 5) is 6.83. The predicted octanol–water partition coefficient (Wildman–Crippen LogP) is 2.39. The minimum absolute atomic E-state index is 0.427. The first kappa shape index (κ1) is 11.9. The van der Waals surface area contributed by atoms with Gasteiger partial charge < -0.3 is 10.5 Å². The Morgan fingerprint density at radius 3 is 3.12 bits per heavy atom. The molecule has 0 aliphatic heterocycles. The van der Waals surface area contributed by atoms with Crippen LogP contribution in [0.4, 0.5) is 5.69 Å². The summed E-state index contributed by atoms with van der Waals surface area (Å²) >= 11 is 0. The third kappa shape index (κ3) is 3.51. The van der Waals surface area contributed by atoms with Gasteiger partial charge in [-0.3, -0.25) is 0 Å². The van der Waals surface area contributed by atoms with E-state index in [-0.39, 0.29) is 0 Å². The van der Waals surface area contributed by atoms with E-state index >= 15 is 0 Å². The minimum atomic E-state index is 0.427. The summed E-state index contributed by atoms with van der Waals surface area (Å²) in [6.45, 7) is 0.427. The first-order valence-corrected chi connectivity index (χ1v) is 4.76. The molecule has 0 unspecified atom stereocenters. The van der Waals surface area contributed by atoms with E-state index in [2.05, 4.69) is 15.0 Å². The number of azide groups is 1. The Bertz CT molecular complexity index is 423. The molecule has 1 aromatic heterocycles. The predicted molar refractivity (Wildman–Crippen MR) is 62.9 cm³/mol. The number of nitrogens with zero attached hydrogens (tertiary/aromatic N) is 4. The molecule has 0 saturated heterocycles. The summed E-state index contributed by atoms with van der Waals surface area (Å²) in [7, 11) is 1.55. The smallest absolute Gasteiger partial charge is 0.213 e. The van der Waals surface area contributed by atoms with Gasteiger partial charge in [-0.15, -0.1) is 0 Å². The van der Waals surface area contributed by atoms with E-state index in [4.69, 9.17) is 16.0 Å². The Morgan fingerprint density at radius 1 is 1.62 bits per heavy atom. The molecule has 0 aliphatic carbocycles. The Labute approximate surface area is 93.4 Å². The van der Waals surface area contributed by atoms with Gasteiger partial charge in [-0.25, -0.2) is 4.98 Å². The van der Waals surface area contributed by atoms with Gasteiger partial charge in [0.2, 0.25) is 5.88 Å². The van der Waals surface area contributed by atoms with E-state index in [0.717, 1.165) is 0 Å². The van der Waals surface area contributed by atoms with Crippen LogP contribution in [0, 0.1) is 0 Å². The lowest BCUT2D eigenvalue weighted by molar-refractivity contribution is 0.398. The third-order valence-corrected chi connectivity index (χ3v) is 1.88. The van der Waals surface area contributed by atoms with E-state index in [1.807, 2.05) is 6.08 Å². The summed E-state index contributed by atoms with van der Waals surface area (Å²) in [6.07, 6.45) is 4.29. The average molecular weight is 219 g/mol. The molecule has 6 nitrogen and oxygen atoms in total. The maximum atomic E-state index is 8.08. The van der Waals surface area contributed by atoms with Crippen LogP contribution in [0.15, 0.2) is 23.3 Å². The minimum Gasteiger partial charge on any atom is -0.481 e. The molecule has 0 aliphatic rings. The van der Waals surface area contributed by atoms with Crippen LogP contribution in [-0.2, 0) is 0 Å². The molecular weight excluding hydrogens is 206 g/mol. The van der Waals surface area contributed by atoms with E-state index in [1.54, 1.807) is 25.3 Å². The number of hydrogen-bond acceptors (Lipinski definition) is 4.